The SMILES string of the molecule is CCN(Cc1cc(F)ccc1OC)C1CCCNC1. The molecule has 1 aromatic carbocycles. The lowest BCUT2D eigenvalue weighted by Crippen LogP contribution is -2.45. The number of piperidine rings is 1. The second-order valence-electron chi connectivity index (χ2n) is 5.02. The Morgan fingerprint density at radius 2 is 2.32 bits per heavy atom. The molecule has 1 N–H and O–H groups in total. The molecule has 0 aliphatic carbocycles. The van der Waals surface area contributed by atoms with Crippen LogP contribution in [0.1, 0.15) is 25.3 Å². The van der Waals surface area contributed by atoms with E-state index in [0.29, 0.717) is 6.04 Å². The van der Waals surface area contributed by atoms with Gasteiger partial charge in [0.05, 0.1) is 7.11 Å². The van der Waals surface area contributed by atoms with Crippen LogP contribution in [0.15, 0.2) is 18.2 Å². The van der Waals surface area contributed by atoms with Crippen molar-refractivity contribution in [3.05, 3.63) is 29.6 Å². The zero-order valence-electron chi connectivity index (χ0n) is 11.8. The molecule has 0 amide bonds. The van der Waals surface area contributed by atoms with Gasteiger partial charge < -0.3 is 10.1 Å². The first kappa shape index (κ1) is 14.3. The fourth-order valence-corrected chi connectivity index (χ4v) is 2.73. The highest BCUT2D eigenvalue weighted by Crippen LogP contribution is 2.23. The summed E-state index contributed by atoms with van der Waals surface area (Å²) in [4.78, 5) is 2.39. The third-order valence-corrected chi connectivity index (χ3v) is 3.81. The van der Waals surface area contributed by atoms with E-state index in [0.717, 1.165) is 37.5 Å². The molecule has 2 rings (SSSR count). The number of hydrogen-bond acceptors (Lipinski definition) is 3. The number of halogens is 1. The van der Waals surface area contributed by atoms with E-state index >= 15 is 0 Å². The molecule has 106 valence electrons. The molecule has 1 saturated heterocycles. The highest BCUT2D eigenvalue weighted by atomic mass is 19.1. The molecular weight excluding hydrogens is 243 g/mol. The zero-order chi connectivity index (χ0) is 13.7. The minimum Gasteiger partial charge on any atom is -0.496 e. The van der Waals surface area contributed by atoms with Gasteiger partial charge in [0, 0.05) is 24.7 Å². The summed E-state index contributed by atoms with van der Waals surface area (Å²) in [5.74, 6) is 0.567. The molecule has 1 fully saturated rings. The number of ether oxygens (including phenoxy) is 1. The predicted molar refractivity (Wildman–Crippen MR) is 74.9 cm³/mol. The van der Waals surface area contributed by atoms with E-state index in [2.05, 4.69) is 17.1 Å². The lowest BCUT2D eigenvalue weighted by atomic mass is 10.0. The smallest absolute Gasteiger partial charge is 0.123 e. The molecule has 1 heterocycles. The standard InChI is InChI=1S/C15H23FN2O/c1-3-18(14-5-4-8-17-10-14)11-12-9-13(16)6-7-15(12)19-2/h6-7,9,14,17H,3-5,8,10-11H2,1-2H3. The van der Waals surface area contributed by atoms with E-state index in [1.54, 1.807) is 19.2 Å². The van der Waals surface area contributed by atoms with Crippen molar-refractivity contribution in [1.29, 1.82) is 0 Å². The molecule has 1 aliphatic rings. The van der Waals surface area contributed by atoms with Gasteiger partial charge in [-0.2, -0.15) is 0 Å². The molecular formula is C15H23FN2O. The molecule has 1 unspecified atom stereocenters. The van der Waals surface area contributed by atoms with E-state index in [1.165, 1.54) is 18.9 Å². The summed E-state index contributed by atoms with van der Waals surface area (Å²) in [6.45, 7) is 5.99. The van der Waals surface area contributed by atoms with Crippen molar-refractivity contribution in [2.75, 3.05) is 26.7 Å². The fourth-order valence-electron chi connectivity index (χ4n) is 2.73. The van der Waals surface area contributed by atoms with Crippen LogP contribution in [0.3, 0.4) is 0 Å². The van der Waals surface area contributed by atoms with E-state index < -0.39 is 0 Å². The molecule has 1 aromatic rings. The Kier molecular flexibility index (Phi) is 5.16. The second kappa shape index (κ2) is 6.87. The Morgan fingerprint density at radius 1 is 1.47 bits per heavy atom. The van der Waals surface area contributed by atoms with E-state index in [4.69, 9.17) is 4.74 Å². The van der Waals surface area contributed by atoms with Crippen LogP contribution < -0.4 is 10.1 Å². The fraction of sp³-hybridized carbons (Fsp3) is 0.600. The van der Waals surface area contributed by atoms with Gasteiger partial charge in [0.15, 0.2) is 0 Å². The maximum atomic E-state index is 13.4. The lowest BCUT2D eigenvalue weighted by molar-refractivity contribution is 0.164. The van der Waals surface area contributed by atoms with E-state index in [-0.39, 0.29) is 5.82 Å². The summed E-state index contributed by atoms with van der Waals surface area (Å²) in [5.41, 5.74) is 0.926. The molecule has 1 atom stereocenters. The van der Waals surface area contributed by atoms with Crippen molar-refractivity contribution in [2.45, 2.75) is 32.4 Å². The van der Waals surface area contributed by atoms with Gasteiger partial charge in [-0.15, -0.1) is 0 Å². The van der Waals surface area contributed by atoms with Crippen molar-refractivity contribution in [1.82, 2.24) is 10.2 Å². The van der Waals surface area contributed by atoms with Gasteiger partial charge in [-0.1, -0.05) is 6.92 Å². The van der Waals surface area contributed by atoms with Gasteiger partial charge in [0.1, 0.15) is 11.6 Å². The van der Waals surface area contributed by atoms with Gasteiger partial charge in [-0.05, 0) is 44.1 Å². The maximum Gasteiger partial charge on any atom is 0.123 e. The van der Waals surface area contributed by atoms with Crippen molar-refractivity contribution < 1.29 is 9.13 Å². The normalized spacial score (nSPS) is 19.7. The lowest BCUT2D eigenvalue weighted by Gasteiger charge is -2.34. The molecule has 19 heavy (non-hydrogen) atoms. The molecule has 3 nitrogen and oxygen atoms in total. The summed E-state index contributed by atoms with van der Waals surface area (Å²) in [6.07, 6.45) is 2.42. The van der Waals surface area contributed by atoms with Crippen LogP contribution in [-0.4, -0.2) is 37.7 Å². The number of methoxy groups -OCH3 is 1. The van der Waals surface area contributed by atoms with Crippen LogP contribution in [0.25, 0.3) is 0 Å². The maximum absolute atomic E-state index is 13.4. The molecule has 0 aromatic heterocycles. The molecule has 0 radical (unpaired) electrons. The van der Waals surface area contributed by atoms with Crippen LogP contribution in [0, 0.1) is 5.82 Å². The predicted octanol–water partition coefficient (Wildman–Crippen LogP) is 2.41. The van der Waals surface area contributed by atoms with Crippen molar-refractivity contribution in [3.8, 4) is 5.75 Å². The Morgan fingerprint density at radius 3 is 2.95 bits per heavy atom. The van der Waals surface area contributed by atoms with Crippen molar-refractivity contribution >= 4 is 0 Å². The number of benzene rings is 1. The molecule has 0 bridgehead atoms. The number of hydrogen-bond donors (Lipinski definition) is 1. The van der Waals surface area contributed by atoms with E-state index in [9.17, 15) is 4.39 Å². The van der Waals surface area contributed by atoms with Crippen LogP contribution in [-0.2, 0) is 6.54 Å². The minimum atomic E-state index is -0.200. The van der Waals surface area contributed by atoms with Gasteiger partial charge in [-0.3, -0.25) is 4.90 Å². The molecule has 1 aliphatic heterocycles. The van der Waals surface area contributed by atoms with Crippen molar-refractivity contribution in [2.24, 2.45) is 0 Å². The number of nitrogens with one attached hydrogen (secondary N) is 1. The largest absolute Gasteiger partial charge is 0.496 e. The average molecular weight is 266 g/mol. The second-order valence-corrected chi connectivity index (χ2v) is 5.02. The molecule has 0 saturated carbocycles. The van der Waals surface area contributed by atoms with Gasteiger partial charge in [-0.25, -0.2) is 4.39 Å². The summed E-state index contributed by atoms with van der Waals surface area (Å²) in [6, 6.07) is 5.27. The van der Waals surface area contributed by atoms with Gasteiger partial charge in [0.2, 0.25) is 0 Å². The Hall–Kier alpha value is -1.13. The quantitative estimate of drug-likeness (QED) is 0.885. The minimum absolute atomic E-state index is 0.200. The number of nitrogens with zero attached hydrogens (tertiary/aromatic N) is 1. The average Bonchev–Trinajstić information content (AvgIpc) is 2.46. The highest BCUT2D eigenvalue weighted by molar-refractivity contribution is 5.33. The zero-order valence-corrected chi connectivity index (χ0v) is 11.8. The Bertz CT molecular complexity index is 405. The number of rotatable bonds is 5. The van der Waals surface area contributed by atoms with Gasteiger partial charge in [0.25, 0.3) is 0 Å². The first-order chi connectivity index (χ1) is 9.24. The van der Waals surface area contributed by atoms with Gasteiger partial charge >= 0.3 is 0 Å². The molecule has 0 spiro atoms. The third-order valence-electron chi connectivity index (χ3n) is 3.81. The summed E-state index contributed by atoms with van der Waals surface area (Å²) < 4.78 is 18.7. The van der Waals surface area contributed by atoms with Crippen molar-refractivity contribution in [3.63, 3.8) is 0 Å². The third kappa shape index (κ3) is 3.67. The first-order valence-corrected chi connectivity index (χ1v) is 7.01. The topological polar surface area (TPSA) is 24.5 Å². The van der Waals surface area contributed by atoms with Crippen LogP contribution in [0.4, 0.5) is 4.39 Å². The summed E-state index contributed by atoms with van der Waals surface area (Å²) in [7, 11) is 1.63. The van der Waals surface area contributed by atoms with Crippen LogP contribution >= 0.6 is 0 Å². The summed E-state index contributed by atoms with van der Waals surface area (Å²) in [5, 5.41) is 3.43. The van der Waals surface area contributed by atoms with Crippen LogP contribution in [0.2, 0.25) is 0 Å². The Labute approximate surface area is 114 Å². The van der Waals surface area contributed by atoms with Crippen LogP contribution in [0.5, 0.6) is 5.75 Å². The first-order valence-electron chi connectivity index (χ1n) is 7.01. The molecule has 4 heteroatoms. The Balaban J connectivity index is 2.10. The monoisotopic (exact) mass is 266 g/mol. The van der Waals surface area contributed by atoms with E-state index in [1.807, 2.05) is 0 Å². The number of likely N-dealkylation sites (N-methyl/N-ethyl adjacent to an activating group) is 1. The highest BCUT2D eigenvalue weighted by Gasteiger charge is 2.20. The summed E-state index contributed by atoms with van der Waals surface area (Å²) >= 11 is 0.